The van der Waals surface area contributed by atoms with Crippen LogP contribution in [-0.4, -0.2) is 19.5 Å². The number of nitrogens with zero attached hydrogens (tertiary/aromatic N) is 3. The Balaban J connectivity index is 1.78. The summed E-state index contributed by atoms with van der Waals surface area (Å²) in [7, 11) is 1.74. The van der Waals surface area contributed by atoms with Crippen LogP contribution in [0.1, 0.15) is 11.3 Å². The summed E-state index contributed by atoms with van der Waals surface area (Å²) in [6.07, 6.45) is -1.02. The molecular formula is C18H14F3N5. The van der Waals surface area contributed by atoms with E-state index in [1.54, 1.807) is 23.9 Å². The van der Waals surface area contributed by atoms with E-state index in [-0.39, 0.29) is 5.52 Å². The third-order valence-corrected chi connectivity index (χ3v) is 4.21. The van der Waals surface area contributed by atoms with E-state index in [2.05, 4.69) is 26.8 Å². The normalized spacial score (nSPS) is 12.0. The summed E-state index contributed by atoms with van der Waals surface area (Å²) in [4.78, 5) is 11.9. The maximum Gasteiger partial charge on any atom is 0.416 e. The van der Waals surface area contributed by atoms with Crippen LogP contribution < -0.4 is 5.32 Å². The number of benzene rings is 1. The number of aryl methyl sites for hydroxylation is 1. The first-order valence-electron chi connectivity index (χ1n) is 7.78. The average Bonchev–Trinajstić information content (AvgIpc) is 3.15. The molecule has 5 nitrogen and oxygen atoms in total. The summed E-state index contributed by atoms with van der Waals surface area (Å²) >= 11 is 0. The summed E-state index contributed by atoms with van der Waals surface area (Å²) < 4.78 is 40.4. The van der Waals surface area contributed by atoms with E-state index >= 15 is 0 Å². The highest BCUT2D eigenvalue weighted by Gasteiger charge is 2.31. The first-order valence-corrected chi connectivity index (χ1v) is 7.78. The highest BCUT2D eigenvalue weighted by Crippen LogP contribution is 2.32. The number of aromatic nitrogens is 4. The fourth-order valence-electron chi connectivity index (χ4n) is 2.83. The van der Waals surface area contributed by atoms with Crippen molar-refractivity contribution in [1.82, 2.24) is 19.5 Å². The number of nitrogens with one attached hydrogen (secondary N) is 2. The first-order chi connectivity index (χ1) is 12.4. The maximum absolute atomic E-state index is 12.9. The molecule has 4 rings (SSSR count). The number of imidazole rings is 1. The number of pyridine rings is 1. The van der Waals surface area contributed by atoms with Gasteiger partial charge in [-0.15, -0.1) is 0 Å². The second kappa shape index (κ2) is 5.62. The molecule has 0 bridgehead atoms. The van der Waals surface area contributed by atoms with E-state index in [1.165, 1.54) is 6.07 Å². The fourth-order valence-corrected chi connectivity index (χ4v) is 2.83. The Kier molecular flexibility index (Phi) is 3.50. The quantitative estimate of drug-likeness (QED) is 0.551. The van der Waals surface area contributed by atoms with E-state index < -0.39 is 11.7 Å². The van der Waals surface area contributed by atoms with E-state index in [0.717, 1.165) is 23.3 Å². The number of aromatic amines is 1. The number of hydrogen-bond acceptors (Lipinski definition) is 3. The van der Waals surface area contributed by atoms with Crippen molar-refractivity contribution in [2.24, 2.45) is 7.05 Å². The monoisotopic (exact) mass is 357 g/mol. The fraction of sp³-hybridized carbons (Fsp3) is 0.111. The van der Waals surface area contributed by atoms with Gasteiger partial charge < -0.3 is 14.9 Å². The molecule has 0 saturated carbocycles. The minimum absolute atomic E-state index is 0.268. The SMILES string of the molecule is C=Cc1ccc2[nH]cc(Nc3nc4cc(C(F)(F)F)ccc4n3C)c2n1. The van der Waals surface area contributed by atoms with Gasteiger partial charge in [0.15, 0.2) is 0 Å². The van der Waals surface area contributed by atoms with Crippen molar-refractivity contribution in [3.63, 3.8) is 0 Å². The van der Waals surface area contributed by atoms with Crippen LogP contribution in [0.3, 0.4) is 0 Å². The van der Waals surface area contributed by atoms with Crippen LogP contribution in [0.15, 0.2) is 43.1 Å². The van der Waals surface area contributed by atoms with Gasteiger partial charge in [-0.05, 0) is 36.4 Å². The van der Waals surface area contributed by atoms with Crippen LogP contribution in [0.5, 0.6) is 0 Å². The summed E-state index contributed by atoms with van der Waals surface area (Å²) in [6, 6.07) is 7.24. The Labute approximate surface area is 146 Å². The van der Waals surface area contributed by atoms with Crippen molar-refractivity contribution >= 4 is 39.8 Å². The minimum Gasteiger partial charge on any atom is -0.358 e. The zero-order chi connectivity index (χ0) is 18.5. The molecule has 0 atom stereocenters. The lowest BCUT2D eigenvalue weighted by molar-refractivity contribution is -0.137. The molecule has 1 aromatic carbocycles. The lowest BCUT2D eigenvalue weighted by Crippen LogP contribution is -2.04. The van der Waals surface area contributed by atoms with E-state index in [1.807, 2.05) is 12.1 Å². The lowest BCUT2D eigenvalue weighted by atomic mass is 10.2. The molecule has 0 spiro atoms. The summed E-state index contributed by atoms with van der Waals surface area (Å²) in [5.74, 6) is 0.422. The summed E-state index contributed by atoms with van der Waals surface area (Å²) in [5, 5.41) is 3.14. The second-order valence-corrected chi connectivity index (χ2v) is 5.86. The molecule has 2 N–H and O–H groups in total. The summed E-state index contributed by atoms with van der Waals surface area (Å²) in [5.41, 5.74) is 3.07. The Morgan fingerprint density at radius 1 is 1.19 bits per heavy atom. The Bertz CT molecular complexity index is 1140. The van der Waals surface area contributed by atoms with Gasteiger partial charge in [-0.2, -0.15) is 13.2 Å². The topological polar surface area (TPSA) is 58.5 Å². The zero-order valence-corrected chi connectivity index (χ0v) is 13.7. The molecule has 4 aromatic rings. The van der Waals surface area contributed by atoms with Gasteiger partial charge in [-0.1, -0.05) is 6.58 Å². The number of alkyl halides is 3. The van der Waals surface area contributed by atoms with Crippen molar-refractivity contribution in [3.8, 4) is 0 Å². The lowest BCUT2D eigenvalue weighted by Gasteiger charge is -2.06. The highest BCUT2D eigenvalue weighted by molar-refractivity contribution is 5.91. The molecule has 132 valence electrons. The van der Waals surface area contributed by atoms with Gasteiger partial charge in [0.25, 0.3) is 0 Å². The molecule has 3 heterocycles. The zero-order valence-electron chi connectivity index (χ0n) is 13.7. The van der Waals surface area contributed by atoms with Gasteiger partial charge in [0.05, 0.1) is 33.5 Å². The van der Waals surface area contributed by atoms with Crippen LogP contribution in [-0.2, 0) is 13.2 Å². The average molecular weight is 357 g/mol. The number of H-pyrrole nitrogens is 1. The molecule has 0 aliphatic rings. The standard InChI is InChI=1S/C18H14F3N5/c1-3-11-5-6-12-16(23-11)14(9-22-12)25-17-24-13-8-10(18(19,20)21)4-7-15(13)26(17)2/h3-9,22H,1H2,2H3,(H,24,25). The Morgan fingerprint density at radius 2 is 2.00 bits per heavy atom. The van der Waals surface area contributed by atoms with E-state index in [9.17, 15) is 13.2 Å². The van der Waals surface area contributed by atoms with Gasteiger partial charge >= 0.3 is 6.18 Å². The number of hydrogen-bond donors (Lipinski definition) is 2. The first kappa shape index (κ1) is 16.2. The van der Waals surface area contributed by atoms with Crippen molar-refractivity contribution in [2.75, 3.05) is 5.32 Å². The predicted octanol–water partition coefficient (Wildman–Crippen LogP) is 4.86. The molecule has 0 fully saturated rings. The molecule has 0 unspecified atom stereocenters. The third-order valence-electron chi connectivity index (χ3n) is 4.21. The molecule has 0 aliphatic heterocycles. The van der Waals surface area contributed by atoms with Gasteiger partial charge in [-0.3, -0.25) is 0 Å². The number of rotatable bonds is 3. The van der Waals surface area contributed by atoms with Crippen molar-refractivity contribution in [2.45, 2.75) is 6.18 Å². The van der Waals surface area contributed by atoms with Crippen LogP contribution in [0.2, 0.25) is 0 Å². The van der Waals surface area contributed by atoms with Gasteiger partial charge in [-0.25, -0.2) is 9.97 Å². The van der Waals surface area contributed by atoms with Crippen LogP contribution >= 0.6 is 0 Å². The number of halogens is 3. The molecular weight excluding hydrogens is 343 g/mol. The van der Waals surface area contributed by atoms with Crippen LogP contribution in [0, 0.1) is 0 Å². The minimum atomic E-state index is -4.40. The van der Waals surface area contributed by atoms with Gasteiger partial charge in [0.2, 0.25) is 5.95 Å². The molecule has 0 amide bonds. The molecule has 26 heavy (non-hydrogen) atoms. The predicted molar refractivity (Wildman–Crippen MR) is 95.2 cm³/mol. The molecule has 0 saturated heterocycles. The molecule has 0 radical (unpaired) electrons. The van der Waals surface area contributed by atoms with Crippen LogP contribution in [0.4, 0.5) is 24.8 Å². The Morgan fingerprint density at radius 3 is 2.73 bits per heavy atom. The molecule has 0 aliphatic carbocycles. The number of anilines is 2. The van der Waals surface area contributed by atoms with Crippen molar-refractivity contribution in [3.05, 3.63) is 54.4 Å². The largest absolute Gasteiger partial charge is 0.416 e. The highest BCUT2D eigenvalue weighted by atomic mass is 19.4. The van der Waals surface area contributed by atoms with Crippen molar-refractivity contribution < 1.29 is 13.2 Å². The van der Waals surface area contributed by atoms with Gasteiger partial charge in [0.1, 0.15) is 5.52 Å². The smallest absolute Gasteiger partial charge is 0.358 e. The van der Waals surface area contributed by atoms with Crippen LogP contribution in [0.25, 0.3) is 28.1 Å². The maximum atomic E-state index is 12.9. The Hall–Kier alpha value is -3.29. The summed E-state index contributed by atoms with van der Waals surface area (Å²) in [6.45, 7) is 3.71. The van der Waals surface area contributed by atoms with E-state index in [0.29, 0.717) is 22.7 Å². The van der Waals surface area contributed by atoms with E-state index in [4.69, 9.17) is 0 Å². The number of fused-ring (bicyclic) bond motifs is 2. The molecule has 8 heteroatoms. The third kappa shape index (κ3) is 2.59. The van der Waals surface area contributed by atoms with Gasteiger partial charge in [0, 0.05) is 13.2 Å². The molecule has 3 aromatic heterocycles. The second-order valence-electron chi connectivity index (χ2n) is 5.86. The van der Waals surface area contributed by atoms with Crippen molar-refractivity contribution in [1.29, 1.82) is 0 Å².